The highest BCUT2D eigenvalue weighted by Crippen LogP contribution is 2.53. The minimum Gasteiger partial charge on any atom is -0.481 e. The number of benzene rings is 1. The fourth-order valence-corrected chi connectivity index (χ4v) is 4.20. The van der Waals surface area contributed by atoms with Crippen molar-refractivity contribution in [3.63, 3.8) is 0 Å². The Morgan fingerprint density at radius 2 is 2.11 bits per heavy atom. The minimum absolute atomic E-state index is 0.327. The van der Waals surface area contributed by atoms with Crippen molar-refractivity contribution in [2.75, 3.05) is 0 Å². The lowest BCUT2D eigenvalue weighted by atomic mass is 9.55. The lowest BCUT2D eigenvalue weighted by Crippen LogP contribution is -2.48. The zero-order valence-electron chi connectivity index (χ0n) is 10.9. The van der Waals surface area contributed by atoms with Crippen LogP contribution in [0, 0.1) is 5.92 Å². The number of carboxylic acids is 1. The fourth-order valence-electron chi connectivity index (χ4n) is 4.20. The highest BCUT2D eigenvalue weighted by molar-refractivity contribution is 5.83. The summed E-state index contributed by atoms with van der Waals surface area (Å²) in [7, 11) is 0. The molecule has 0 unspecified atom stereocenters. The molecule has 0 bridgehead atoms. The highest BCUT2D eigenvalue weighted by atomic mass is 16.4. The summed E-state index contributed by atoms with van der Waals surface area (Å²) in [5, 5.41) is 9.86. The molecular formula is C16H20O2. The monoisotopic (exact) mass is 244 g/mol. The van der Waals surface area contributed by atoms with Gasteiger partial charge in [-0.1, -0.05) is 44.0 Å². The molecule has 18 heavy (non-hydrogen) atoms. The van der Waals surface area contributed by atoms with Crippen LogP contribution in [-0.2, 0) is 10.2 Å². The van der Waals surface area contributed by atoms with Crippen molar-refractivity contribution in [1.29, 1.82) is 0 Å². The largest absolute Gasteiger partial charge is 0.481 e. The van der Waals surface area contributed by atoms with E-state index in [1.54, 1.807) is 0 Å². The fraction of sp³-hybridized carbons (Fsp3) is 0.562. The first-order chi connectivity index (χ1) is 8.66. The predicted octanol–water partition coefficient (Wildman–Crippen LogP) is 3.71. The summed E-state index contributed by atoms with van der Waals surface area (Å²) >= 11 is 0. The van der Waals surface area contributed by atoms with Crippen molar-refractivity contribution in [2.24, 2.45) is 5.92 Å². The molecule has 1 saturated carbocycles. The zero-order chi connectivity index (χ0) is 12.8. The Kier molecular flexibility index (Phi) is 2.69. The second-order valence-corrected chi connectivity index (χ2v) is 5.94. The summed E-state index contributed by atoms with van der Waals surface area (Å²) in [4.78, 5) is 12.0. The molecule has 3 rings (SSSR count). The number of fused-ring (bicyclic) bond motifs is 3. The molecule has 96 valence electrons. The summed E-state index contributed by atoms with van der Waals surface area (Å²) in [6.07, 6.45) is 5.16. The molecule has 0 saturated heterocycles. The van der Waals surface area contributed by atoms with Gasteiger partial charge >= 0.3 is 5.97 Å². The summed E-state index contributed by atoms with van der Waals surface area (Å²) < 4.78 is 0. The average Bonchev–Trinajstić information content (AvgIpc) is 2.39. The maximum absolute atomic E-state index is 12.0. The number of hydrogen-bond acceptors (Lipinski definition) is 1. The normalized spacial score (nSPS) is 34.5. The molecule has 0 radical (unpaired) electrons. The van der Waals surface area contributed by atoms with E-state index in [9.17, 15) is 9.90 Å². The van der Waals surface area contributed by atoms with Crippen molar-refractivity contribution >= 4 is 5.97 Å². The number of rotatable bonds is 1. The molecule has 0 spiro atoms. The first kappa shape index (κ1) is 11.8. The maximum atomic E-state index is 12.0. The van der Waals surface area contributed by atoms with Crippen LogP contribution in [0.5, 0.6) is 0 Å². The molecule has 1 N–H and O–H groups in total. The van der Waals surface area contributed by atoms with Gasteiger partial charge in [-0.15, -0.1) is 0 Å². The number of carbonyl (C=O) groups is 1. The highest BCUT2D eigenvalue weighted by Gasteiger charge is 2.52. The number of carboxylic acid groups (broad SMARTS) is 1. The van der Waals surface area contributed by atoms with Gasteiger partial charge in [-0.05, 0) is 42.2 Å². The SMILES string of the molecule is C[C@@H]1C[C@H]2CCCC[C@]2(C(=O)O)c2ccccc21. The van der Waals surface area contributed by atoms with E-state index >= 15 is 0 Å². The maximum Gasteiger partial charge on any atom is 0.314 e. The molecule has 0 heterocycles. The lowest BCUT2D eigenvalue weighted by molar-refractivity contribution is -0.148. The molecule has 3 atom stereocenters. The molecule has 2 aliphatic rings. The van der Waals surface area contributed by atoms with Crippen molar-refractivity contribution in [2.45, 2.75) is 50.4 Å². The van der Waals surface area contributed by atoms with Crippen molar-refractivity contribution in [3.8, 4) is 0 Å². The van der Waals surface area contributed by atoms with Crippen LogP contribution in [0.2, 0.25) is 0 Å². The van der Waals surface area contributed by atoms with E-state index in [2.05, 4.69) is 19.1 Å². The van der Waals surface area contributed by atoms with Crippen LogP contribution in [0.15, 0.2) is 24.3 Å². The molecule has 0 aliphatic heterocycles. The van der Waals surface area contributed by atoms with E-state index in [0.717, 1.165) is 31.2 Å². The molecule has 1 fully saturated rings. The van der Waals surface area contributed by atoms with Gasteiger partial charge in [0.25, 0.3) is 0 Å². The van der Waals surface area contributed by atoms with E-state index < -0.39 is 11.4 Å². The molecule has 2 heteroatoms. The standard InChI is InChI=1S/C16H20O2/c1-11-10-12-6-4-5-9-16(12,15(17)18)14-8-3-2-7-13(11)14/h2-3,7-8,11-12H,4-6,9-10H2,1H3,(H,17,18)/t11-,12-,16-/m1/s1. The summed E-state index contributed by atoms with van der Waals surface area (Å²) in [6, 6.07) is 8.20. The molecule has 2 aliphatic carbocycles. The van der Waals surface area contributed by atoms with Crippen LogP contribution in [-0.4, -0.2) is 11.1 Å². The Balaban J connectivity index is 2.21. The van der Waals surface area contributed by atoms with E-state index in [4.69, 9.17) is 0 Å². The average molecular weight is 244 g/mol. The van der Waals surface area contributed by atoms with Crippen LogP contribution in [0.25, 0.3) is 0 Å². The van der Waals surface area contributed by atoms with Gasteiger partial charge in [0.1, 0.15) is 0 Å². The number of hydrogen-bond donors (Lipinski definition) is 1. The van der Waals surface area contributed by atoms with Crippen molar-refractivity contribution in [3.05, 3.63) is 35.4 Å². The second kappa shape index (κ2) is 4.11. The van der Waals surface area contributed by atoms with E-state index in [0.29, 0.717) is 11.8 Å². The molecule has 0 amide bonds. The quantitative estimate of drug-likeness (QED) is 0.817. The van der Waals surface area contributed by atoms with Gasteiger partial charge in [0.15, 0.2) is 0 Å². The van der Waals surface area contributed by atoms with Crippen LogP contribution in [0.1, 0.15) is 56.1 Å². The van der Waals surface area contributed by atoms with Crippen LogP contribution < -0.4 is 0 Å². The molecule has 1 aromatic carbocycles. The number of aliphatic carboxylic acids is 1. The van der Waals surface area contributed by atoms with Crippen LogP contribution in [0.3, 0.4) is 0 Å². The Bertz CT molecular complexity index is 480. The van der Waals surface area contributed by atoms with Gasteiger partial charge in [0.05, 0.1) is 5.41 Å². The third-order valence-corrected chi connectivity index (χ3v) is 5.06. The third-order valence-electron chi connectivity index (χ3n) is 5.06. The second-order valence-electron chi connectivity index (χ2n) is 5.94. The van der Waals surface area contributed by atoms with E-state index in [1.807, 2.05) is 12.1 Å². The minimum atomic E-state index is -0.605. The first-order valence-corrected chi connectivity index (χ1v) is 6.99. The van der Waals surface area contributed by atoms with Crippen molar-refractivity contribution in [1.82, 2.24) is 0 Å². The van der Waals surface area contributed by atoms with E-state index in [-0.39, 0.29) is 0 Å². The molecule has 0 aromatic heterocycles. The zero-order valence-corrected chi connectivity index (χ0v) is 10.9. The molecule has 2 nitrogen and oxygen atoms in total. The molecular weight excluding hydrogens is 224 g/mol. The van der Waals surface area contributed by atoms with Crippen LogP contribution in [0.4, 0.5) is 0 Å². The summed E-state index contributed by atoms with van der Waals surface area (Å²) in [6.45, 7) is 2.24. The summed E-state index contributed by atoms with van der Waals surface area (Å²) in [5.41, 5.74) is 1.76. The Labute approximate surface area is 108 Å². The third kappa shape index (κ3) is 1.44. The summed E-state index contributed by atoms with van der Waals surface area (Å²) in [5.74, 6) is 0.219. The van der Waals surface area contributed by atoms with Gasteiger partial charge in [-0.2, -0.15) is 0 Å². The van der Waals surface area contributed by atoms with Gasteiger partial charge in [0.2, 0.25) is 0 Å². The smallest absolute Gasteiger partial charge is 0.314 e. The Morgan fingerprint density at radius 1 is 1.33 bits per heavy atom. The predicted molar refractivity (Wildman–Crippen MR) is 70.7 cm³/mol. The first-order valence-electron chi connectivity index (χ1n) is 6.99. The molecule has 1 aromatic rings. The van der Waals surface area contributed by atoms with Crippen molar-refractivity contribution < 1.29 is 9.90 Å². The van der Waals surface area contributed by atoms with Gasteiger partial charge in [-0.25, -0.2) is 0 Å². The topological polar surface area (TPSA) is 37.3 Å². The van der Waals surface area contributed by atoms with Gasteiger partial charge < -0.3 is 5.11 Å². The lowest BCUT2D eigenvalue weighted by Gasteiger charge is -2.47. The van der Waals surface area contributed by atoms with Gasteiger partial charge in [0, 0.05) is 0 Å². The Morgan fingerprint density at radius 3 is 2.89 bits per heavy atom. The van der Waals surface area contributed by atoms with Crippen LogP contribution >= 0.6 is 0 Å². The Hall–Kier alpha value is -1.31. The van der Waals surface area contributed by atoms with E-state index in [1.165, 1.54) is 12.0 Å². The van der Waals surface area contributed by atoms with Gasteiger partial charge in [-0.3, -0.25) is 4.79 Å².